The van der Waals surface area contributed by atoms with Crippen LogP contribution in [0.2, 0.25) is 0 Å². The summed E-state index contributed by atoms with van der Waals surface area (Å²) in [6, 6.07) is 6.08. The minimum Gasteiger partial charge on any atom is -0.479 e. The van der Waals surface area contributed by atoms with E-state index in [0.717, 1.165) is 24.0 Å². The number of cyclic esters (lactones) is 1. The molecule has 0 aromatic heterocycles. The first-order valence-corrected chi connectivity index (χ1v) is 14.1. The molecule has 10 heteroatoms. The summed E-state index contributed by atoms with van der Waals surface area (Å²) in [5.41, 5.74) is 0.554. The maximum Gasteiger partial charge on any atom is 0.407 e. The molecule has 1 aliphatic carbocycles. The number of carbonyl (C=O) groups excluding carboxylic acids is 3. The van der Waals surface area contributed by atoms with Gasteiger partial charge in [-0.25, -0.2) is 9.59 Å². The second kappa shape index (κ2) is 13.1. The highest BCUT2D eigenvalue weighted by Gasteiger charge is 2.61. The third-order valence-electron chi connectivity index (χ3n) is 7.81. The zero-order chi connectivity index (χ0) is 28.7. The van der Waals surface area contributed by atoms with Gasteiger partial charge in [0.05, 0.1) is 19.3 Å². The van der Waals surface area contributed by atoms with E-state index in [1.54, 1.807) is 0 Å². The average molecular weight is 554 g/mol. The number of carboxylic acids is 1. The maximum absolute atomic E-state index is 13.8. The molecule has 1 saturated heterocycles. The van der Waals surface area contributed by atoms with E-state index in [2.05, 4.69) is 17.2 Å². The molecule has 1 saturated carbocycles. The van der Waals surface area contributed by atoms with Crippen LogP contribution in [0.15, 0.2) is 43.0 Å². The Morgan fingerprint density at radius 1 is 1.32 bits per heavy atom. The number of carbonyl (C=O) groups is 4. The van der Waals surface area contributed by atoms with E-state index >= 15 is 0 Å². The van der Waals surface area contributed by atoms with E-state index in [4.69, 9.17) is 9.47 Å². The first kappa shape index (κ1) is 29.3. The zero-order valence-corrected chi connectivity index (χ0v) is 23.0. The lowest BCUT2D eigenvalue weighted by Crippen LogP contribution is -2.56. The molecule has 1 aromatic rings. The number of nitrogens with zero attached hydrogens (tertiary/aromatic N) is 1. The first-order chi connectivity index (χ1) is 19.3. The molecule has 1 aromatic carbocycles. The molecule has 4 rings (SSSR count). The molecule has 0 spiro atoms. The van der Waals surface area contributed by atoms with Gasteiger partial charge in [0.1, 0.15) is 17.6 Å². The van der Waals surface area contributed by atoms with Crippen LogP contribution in [0.3, 0.4) is 0 Å². The van der Waals surface area contributed by atoms with Crippen LogP contribution < -0.4 is 10.6 Å². The molecule has 40 heavy (non-hydrogen) atoms. The lowest BCUT2D eigenvalue weighted by atomic mass is 10.1. The number of rotatable bonds is 7. The molecule has 0 unspecified atom stereocenters. The Morgan fingerprint density at radius 2 is 2.15 bits per heavy atom. The minimum atomic E-state index is -1.42. The van der Waals surface area contributed by atoms with Crippen molar-refractivity contribution < 1.29 is 33.8 Å². The minimum absolute atomic E-state index is 0.140. The van der Waals surface area contributed by atoms with Gasteiger partial charge in [0.15, 0.2) is 0 Å². The number of hydrogen-bond donors (Lipinski definition) is 3. The van der Waals surface area contributed by atoms with Crippen molar-refractivity contribution >= 4 is 30.0 Å². The molecule has 3 amide bonds. The van der Waals surface area contributed by atoms with E-state index in [-0.39, 0.29) is 31.9 Å². The molecule has 10 nitrogen and oxygen atoms in total. The van der Waals surface area contributed by atoms with Crippen molar-refractivity contribution in [1.82, 2.24) is 15.5 Å². The molecule has 216 valence electrons. The SMILES string of the molecule is C=C[C@H]1C[C@@]1(NC(=O)[C@@H]1C[C@@H]2CN1C(=O)[C@H](CCCC)NC(=O)OCCC/C=C/c1cccc(c1)CO2)C(=O)O. The second-order valence-electron chi connectivity index (χ2n) is 10.8. The number of allylic oxidation sites excluding steroid dienone is 1. The van der Waals surface area contributed by atoms with E-state index in [1.807, 2.05) is 43.3 Å². The molecule has 3 aliphatic rings. The van der Waals surface area contributed by atoms with Crippen LogP contribution in [-0.4, -0.2) is 70.8 Å². The van der Waals surface area contributed by atoms with Gasteiger partial charge < -0.3 is 30.1 Å². The number of nitrogens with one attached hydrogen (secondary N) is 2. The van der Waals surface area contributed by atoms with Crippen molar-refractivity contribution in [1.29, 1.82) is 0 Å². The Labute approximate surface area is 234 Å². The number of fused-ring (bicyclic) bond motifs is 4. The number of aliphatic carboxylic acids is 1. The topological polar surface area (TPSA) is 134 Å². The van der Waals surface area contributed by atoms with E-state index < -0.39 is 47.6 Å². The van der Waals surface area contributed by atoms with Gasteiger partial charge in [0, 0.05) is 18.9 Å². The third kappa shape index (κ3) is 6.91. The fourth-order valence-electron chi connectivity index (χ4n) is 5.36. The molecular weight excluding hydrogens is 514 g/mol. The zero-order valence-electron chi connectivity index (χ0n) is 23.0. The fourth-order valence-corrected chi connectivity index (χ4v) is 5.36. The fraction of sp³-hybridized carbons (Fsp3) is 0.533. The summed E-state index contributed by atoms with van der Waals surface area (Å²) in [4.78, 5) is 53.3. The molecule has 4 bridgehead atoms. The van der Waals surface area contributed by atoms with Gasteiger partial charge in [-0.15, -0.1) is 6.58 Å². The molecule has 5 atom stereocenters. The van der Waals surface area contributed by atoms with Gasteiger partial charge in [0.25, 0.3) is 0 Å². The molecule has 0 radical (unpaired) electrons. The molecule has 2 heterocycles. The highest BCUT2D eigenvalue weighted by Crippen LogP contribution is 2.45. The lowest BCUT2D eigenvalue weighted by Gasteiger charge is -2.29. The van der Waals surface area contributed by atoms with Crippen LogP contribution in [0.4, 0.5) is 4.79 Å². The van der Waals surface area contributed by atoms with Gasteiger partial charge in [0.2, 0.25) is 11.8 Å². The number of hydrogen-bond acceptors (Lipinski definition) is 6. The summed E-state index contributed by atoms with van der Waals surface area (Å²) < 4.78 is 11.5. The molecular formula is C30H39N3O7. The normalized spacial score (nSPS) is 29.8. The van der Waals surface area contributed by atoms with E-state index in [0.29, 0.717) is 25.9 Å². The number of unbranched alkanes of at least 4 members (excludes halogenated alkanes) is 1. The number of carboxylic acid groups (broad SMARTS) is 1. The van der Waals surface area contributed by atoms with Gasteiger partial charge in [-0.3, -0.25) is 9.59 Å². The largest absolute Gasteiger partial charge is 0.479 e. The van der Waals surface area contributed by atoms with Gasteiger partial charge >= 0.3 is 12.1 Å². The lowest BCUT2D eigenvalue weighted by molar-refractivity contribution is -0.145. The molecule has 2 aliphatic heterocycles. The number of ether oxygens (including phenoxy) is 2. The number of benzene rings is 1. The Kier molecular flexibility index (Phi) is 9.63. The molecule has 3 N–H and O–H groups in total. The van der Waals surface area contributed by atoms with Crippen LogP contribution in [-0.2, 0) is 30.5 Å². The Morgan fingerprint density at radius 3 is 2.88 bits per heavy atom. The molecule has 2 fully saturated rings. The Bertz CT molecular complexity index is 1150. The van der Waals surface area contributed by atoms with Crippen molar-refractivity contribution in [2.75, 3.05) is 13.2 Å². The van der Waals surface area contributed by atoms with Crippen LogP contribution in [0, 0.1) is 5.92 Å². The van der Waals surface area contributed by atoms with Crippen molar-refractivity contribution in [3.8, 4) is 0 Å². The predicted molar refractivity (Wildman–Crippen MR) is 148 cm³/mol. The van der Waals surface area contributed by atoms with Gasteiger partial charge in [-0.2, -0.15) is 0 Å². The van der Waals surface area contributed by atoms with Crippen molar-refractivity contribution in [3.63, 3.8) is 0 Å². The average Bonchev–Trinajstić information content (AvgIpc) is 3.49. The Balaban J connectivity index is 1.59. The maximum atomic E-state index is 13.8. The number of amides is 3. The predicted octanol–water partition coefficient (Wildman–Crippen LogP) is 3.41. The van der Waals surface area contributed by atoms with Gasteiger partial charge in [-0.1, -0.05) is 56.2 Å². The summed E-state index contributed by atoms with van der Waals surface area (Å²) in [6.45, 7) is 6.30. The summed E-state index contributed by atoms with van der Waals surface area (Å²) in [5.74, 6) is -2.49. The first-order valence-electron chi connectivity index (χ1n) is 14.1. The summed E-state index contributed by atoms with van der Waals surface area (Å²) in [6.07, 6.45) is 8.11. The third-order valence-corrected chi connectivity index (χ3v) is 7.81. The highest BCUT2D eigenvalue weighted by molar-refractivity contribution is 5.96. The van der Waals surface area contributed by atoms with Crippen molar-refractivity contribution in [2.24, 2.45) is 5.92 Å². The summed E-state index contributed by atoms with van der Waals surface area (Å²) >= 11 is 0. The standard InChI is InChI=1S/C30H39N3O7/c1-3-5-13-24-27(35)33-18-23(16-25(33)26(34)32-30(28(36)37)17-22(30)4-2)40-19-21-12-9-11-20(15-21)10-7-6-8-14-39-29(38)31-24/h4,7,9-12,15,22-25H,2-3,5-6,8,13-14,16-19H2,1H3,(H,31,38)(H,32,34)(H,36,37)/b10-7+/t22-,23+,24-,25-,30-/m0/s1. The van der Waals surface area contributed by atoms with Crippen molar-refractivity contribution in [2.45, 2.75) is 82.2 Å². The summed E-state index contributed by atoms with van der Waals surface area (Å²) in [7, 11) is 0. The van der Waals surface area contributed by atoms with Crippen LogP contribution in [0.25, 0.3) is 6.08 Å². The van der Waals surface area contributed by atoms with E-state index in [9.17, 15) is 24.3 Å². The second-order valence-corrected chi connectivity index (χ2v) is 10.8. The smallest absolute Gasteiger partial charge is 0.407 e. The van der Waals surface area contributed by atoms with E-state index in [1.165, 1.54) is 11.0 Å². The van der Waals surface area contributed by atoms with Crippen LogP contribution in [0.1, 0.15) is 63.0 Å². The Hall–Kier alpha value is -3.66. The number of alkyl carbamates (subject to hydrolysis) is 1. The van der Waals surface area contributed by atoms with Crippen LogP contribution >= 0.6 is 0 Å². The van der Waals surface area contributed by atoms with Crippen molar-refractivity contribution in [3.05, 3.63) is 54.1 Å². The monoisotopic (exact) mass is 553 g/mol. The summed E-state index contributed by atoms with van der Waals surface area (Å²) in [5, 5.41) is 15.2. The quantitative estimate of drug-likeness (QED) is 0.441. The van der Waals surface area contributed by atoms with Gasteiger partial charge in [-0.05, 0) is 42.9 Å². The van der Waals surface area contributed by atoms with Crippen LogP contribution in [0.5, 0.6) is 0 Å². The highest BCUT2D eigenvalue weighted by atomic mass is 16.5.